The Morgan fingerprint density at radius 2 is 1.71 bits per heavy atom. The number of amides is 2. The molecular formula is C26H34N6O3. The van der Waals surface area contributed by atoms with Crippen LogP contribution in [0.5, 0.6) is 0 Å². The molecule has 35 heavy (non-hydrogen) atoms. The van der Waals surface area contributed by atoms with Crippen LogP contribution >= 0.6 is 0 Å². The zero-order valence-corrected chi connectivity index (χ0v) is 19.5. The Kier molecular flexibility index (Phi) is 8.37. The van der Waals surface area contributed by atoms with Crippen molar-refractivity contribution in [3.8, 4) is 0 Å². The Morgan fingerprint density at radius 3 is 2.37 bits per heavy atom. The number of ether oxygens (including phenoxy) is 1. The molecule has 1 atom stereocenters. The largest absolute Gasteiger partial charge is 0.374 e. The minimum Gasteiger partial charge on any atom is -0.374 e. The van der Waals surface area contributed by atoms with Crippen LogP contribution in [0.3, 0.4) is 0 Å². The first-order chi connectivity index (χ1) is 16.3. The first kappa shape index (κ1) is 26.1. The number of nitrogens with one attached hydrogen (secondary N) is 1. The predicted octanol–water partition coefficient (Wildman–Crippen LogP) is 2.68. The van der Waals surface area contributed by atoms with E-state index in [9.17, 15) is 9.59 Å². The lowest BCUT2D eigenvalue weighted by Gasteiger charge is -2.29. The highest BCUT2D eigenvalue weighted by atomic mass is 16.5. The van der Waals surface area contributed by atoms with Crippen molar-refractivity contribution in [2.24, 2.45) is 5.73 Å². The molecule has 1 aromatic heterocycles. The van der Waals surface area contributed by atoms with E-state index >= 15 is 0 Å². The summed E-state index contributed by atoms with van der Waals surface area (Å²) in [4.78, 5) is 27.3. The molecule has 0 fully saturated rings. The third kappa shape index (κ3) is 6.32. The Morgan fingerprint density at radius 1 is 1.06 bits per heavy atom. The van der Waals surface area contributed by atoms with Crippen LogP contribution < -0.4 is 11.1 Å². The van der Waals surface area contributed by atoms with Crippen LogP contribution in [0.25, 0.3) is 0 Å². The van der Waals surface area contributed by atoms with Crippen LogP contribution in [0.1, 0.15) is 54.9 Å². The van der Waals surface area contributed by atoms with Crippen LogP contribution in [0.2, 0.25) is 0 Å². The highest BCUT2D eigenvalue weighted by Crippen LogP contribution is 2.20. The molecule has 2 heterocycles. The second kappa shape index (κ2) is 11.2. The highest BCUT2D eigenvalue weighted by Gasteiger charge is 2.31. The number of carbonyl (C=O) groups excluding carboxylic acids is 2. The lowest BCUT2D eigenvalue weighted by molar-refractivity contribution is -0.126. The molecule has 0 aliphatic carbocycles. The monoisotopic (exact) mass is 478 g/mol. The number of rotatable bonds is 8. The summed E-state index contributed by atoms with van der Waals surface area (Å²) in [5.41, 5.74) is 6.62. The van der Waals surface area contributed by atoms with E-state index in [0.29, 0.717) is 43.5 Å². The summed E-state index contributed by atoms with van der Waals surface area (Å²) >= 11 is 0. The minimum atomic E-state index is -1.05. The molecule has 0 spiro atoms. The number of fused-ring (bicyclic) bond motifs is 1. The summed E-state index contributed by atoms with van der Waals surface area (Å²) in [5.74, 6) is 0.902. The average Bonchev–Trinajstić information content (AvgIpc) is 3.26. The van der Waals surface area contributed by atoms with Crippen molar-refractivity contribution in [2.45, 2.75) is 52.6 Å². The van der Waals surface area contributed by atoms with Gasteiger partial charge in [0, 0.05) is 18.7 Å². The van der Waals surface area contributed by atoms with Gasteiger partial charge in [-0.25, -0.2) is 0 Å². The molecule has 9 nitrogen and oxygen atoms in total. The van der Waals surface area contributed by atoms with Crippen LogP contribution in [-0.4, -0.2) is 50.2 Å². The molecule has 1 aliphatic heterocycles. The summed E-state index contributed by atoms with van der Waals surface area (Å²) in [6.45, 7) is 5.29. The smallest absolute Gasteiger partial charge is 0.254 e. The number of nitrogens with two attached hydrogens (primary N) is 1. The van der Waals surface area contributed by atoms with Gasteiger partial charge >= 0.3 is 0 Å². The second-order valence-electron chi connectivity index (χ2n) is 8.97. The molecular weight excluding hydrogens is 444 g/mol. The van der Waals surface area contributed by atoms with Crippen LogP contribution in [0.4, 0.5) is 0 Å². The number of carbonyl (C=O) groups is 2. The number of benzene rings is 2. The number of hydrogen-bond donors (Lipinski definition) is 2. The van der Waals surface area contributed by atoms with E-state index < -0.39 is 11.6 Å². The summed E-state index contributed by atoms with van der Waals surface area (Å²) in [7, 11) is 0. The summed E-state index contributed by atoms with van der Waals surface area (Å²) in [5, 5.41) is 11.6. The normalized spacial score (nSPS) is 14.0. The Balaban J connectivity index is 0.00000342. The zero-order valence-electron chi connectivity index (χ0n) is 19.5. The van der Waals surface area contributed by atoms with Crippen LogP contribution in [-0.2, 0) is 29.2 Å². The Hall–Kier alpha value is -3.56. The Bertz CT molecular complexity index is 1120. The SMILES string of the molecule is C.CC(C)(N)C(=O)N[C@H](COCc1ccccc1)c1nnc2n1CCN(C(=O)c1ccccc1)C2. The molecule has 1 aliphatic rings. The molecule has 3 N–H and O–H groups in total. The minimum absolute atomic E-state index is 0. The second-order valence-corrected chi connectivity index (χ2v) is 8.97. The molecule has 3 aromatic rings. The van der Waals surface area contributed by atoms with Gasteiger partial charge in [0.15, 0.2) is 11.6 Å². The summed E-state index contributed by atoms with van der Waals surface area (Å²) in [6, 6.07) is 18.5. The maximum Gasteiger partial charge on any atom is 0.254 e. The van der Waals surface area contributed by atoms with Crippen molar-refractivity contribution < 1.29 is 14.3 Å². The topological polar surface area (TPSA) is 115 Å². The van der Waals surface area contributed by atoms with E-state index in [0.717, 1.165) is 5.56 Å². The third-order valence-electron chi connectivity index (χ3n) is 5.69. The molecule has 0 saturated carbocycles. The van der Waals surface area contributed by atoms with Gasteiger partial charge in [0.1, 0.15) is 6.04 Å². The van der Waals surface area contributed by atoms with Crippen molar-refractivity contribution in [3.05, 3.63) is 83.4 Å². The first-order valence-electron chi connectivity index (χ1n) is 11.3. The quantitative estimate of drug-likeness (QED) is 0.514. The molecule has 186 valence electrons. The fourth-order valence-corrected chi connectivity index (χ4v) is 3.77. The van der Waals surface area contributed by atoms with Gasteiger partial charge in [0.25, 0.3) is 5.91 Å². The molecule has 0 radical (unpaired) electrons. The van der Waals surface area contributed by atoms with Crippen LogP contribution in [0.15, 0.2) is 60.7 Å². The standard InChI is InChI=1S/C25H30N6O3.CH4/c1-25(2,26)24(33)27-20(17-34-16-18-9-5-3-6-10-18)22-29-28-21-15-30(13-14-31(21)22)23(32)19-11-7-4-8-12-19;/h3-12,20H,13-17,26H2,1-2H3,(H,27,33);1H4/t20-;/m1./s1. The Labute approximate surface area is 206 Å². The molecule has 0 bridgehead atoms. The van der Waals surface area contributed by atoms with Crippen molar-refractivity contribution in [1.82, 2.24) is 25.0 Å². The lowest BCUT2D eigenvalue weighted by Crippen LogP contribution is -2.51. The number of nitrogens with zero attached hydrogens (tertiary/aromatic N) is 4. The lowest BCUT2D eigenvalue weighted by atomic mass is 10.1. The third-order valence-corrected chi connectivity index (χ3v) is 5.69. The highest BCUT2D eigenvalue weighted by molar-refractivity contribution is 5.94. The van der Waals surface area contributed by atoms with Gasteiger partial charge < -0.3 is 25.3 Å². The molecule has 9 heteroatoms. The fourth-order valence-electron chi connectivity index (χ4n) is 3.77. The number of hydrogen-bond acceptors (Lipinski definition) is 6. The van der Waals surface area contributed by atoms with Crippen molar-refractivity contribution in [1.29, 1.82) is 0 Å². The number of aromatic nitrogens is 3. The zero-order chi connectivity index (χ0) is 24.1. The van der Waals surface area contributed by atoms with Gasteiger partial charge in [-0.15, -0.1) is 10.2 Å². The van der Waals surface area contributed by atoms with Gasteiger partial charge in [-0.3, -0.25) is 9.59 Å². The molecule has 2 aromatic carbocycles. The molecule has 0 unspecified atom stereocenters. The molecule has 4 rings (SSSR count). The van der Waals surface area contributed by atoms with E-state index in [1.807, 2.05) is 53.1 Å². The average molecular weight is 479 g/mol. The maximum absolute atomic E-state index is 12.9. The summed E-state index contributed by atoms with van der Waals surface area (Å²) < 4.78 is 7.88. The van der Waals surface area contributed by atoms with Crippen molar-refractivity contribution in [2.75, 3.05) is 13.2 Å². The van der Waals surface area contributed by atoms with E-state index in [2.05, 4.69) is 15.5 Å². The maximum atomic E-state index is 12.9. The van der Waals surface area contributed by atoms with Gasteiger partial charge in [-0.05, 0) is 31.5 Å². The van der Waals surface area contributed by atoms with E-state index in [-0.39, 0.29) is 25.8 Å². The predicted molar refractivity (Wildman–Crippen MR) is 133 cm³/mol. The first-order valence-corrected chi connectivity index (χ1v) is 11.3. The van der Waals surface area contributed by atoms with E-state index in [1.54, 1.807) is 30.9 Å². The van der Waals surface area contributed by atoms with E-state index in [1.165, 1.54) is 0 Å². The van der Waals surface area contributed by atoms with Crippen molar-refractivity contribution in [3.63, 3.8) is 0 Å². The molecule has 0 saturated heterocycles. The van der Waals surface area contributed by atoms with Crippen molar-refractivity contribution >= 4 is 11.8 Å². The van der Waals surface area contributed by atoms with Gasteiger partial charge in [0.2, 0.25) is 5.91 Å². The van der Waals surface area contributed by atoms with Gasteiger partial charge in [-0.2, -0.15) is 0 Å². The van der Waals surface area contributed by atoms with Gasteiger partial charge in [-0.1, -0.05) is 56.0 Å². The van der Waals surface area contributed by atoms with Gasteiger partial charge in [0.05, 0.1) is 25.3 Å². The molecule has 2 amide bonds. The summed E-state index contributed by atoms with van der Waals surface area (Å²) in [6.07, 6.45) is 0. The van der Waals surface area contributed by atoms with E-state index in [4.69, 9.17) is 10.5 Å². The van der Waals surface area contributed by atoms with Crippen LogP contribution in [0, 0.1) is 0 Å². The fraction of sp³-hybridized carbons (Fsp3) is 0.385.